The third kappa shape index (κ3) is 3.35. The molecule has 0 aromatic heterocycles. The largest absolute Gasteiger partial charge is 0.324 e. The molecule has 2 N–H and O–H groups in total. The normalized spacial score (nSPS) is 12.5. The molecule has 106 valence electrons. The fraction of sp³-hybridized carbons (Fsp3) is 0.294. The average molecular weight is 308 g/mol. The van der Waals surface area contributed by atoms with Crippen LogP contribution in [0.25, 0.3) is 0 Å². The van der Waals surface area contributed by atoms with Crippen LogP contribution in [0.1, 0.15) is 33.9 Å². The maximum absolute atomic E-state index is 6.40. The summed E-state index contributed by atoms with van der Waals surface area (Å²) < 4.78 is 0. The summed E-state index contributed by atoms with van der Waals surface area (Å²) >= 11 is 12.2. The zero-order valence-corrected chi connectivity index (χ0v) is 13.5. The van der Waals surface area contributed by atoms with E-state index in [1.54, 1.807) is 6.07 Å². The van der Waals surface area contributed by atoms with E-state index in [1.807, 2.05) is 12.1 Å². The molecule has 2 aromatic carbocycles. The fourth-order valence-corrected chi connectivity index (χ4v) is 3.20. The van der Waals surface area contributed by atoms with Crippen LogP contribution in [0.15, 0.2) is 30.3 Å². The first-order valence-corrected chi connectivity index (χ1v) is 7.41. The van der Waals surface area contributed by atoms with Crippen molar-refractivity contribution in [3.63, 3.8) is 0 Å². The minimum atomic E-state index is -0.0773. The summed E-state index contributed by atoms with van der Waals surface area (Å²) in [5.41, 5.74) is 12.3. The zero-order valence-electron chi connectivity index (χ0n) is 12.0. The first-order chi connectivity index (χ1) is 9.38. The molecule has 0 spiro atoms. The van der Waals surface area contributed by atoms with Crippen molar-refractivity contribution in [2.75, 3.05) is 0 Å². The van der Waals surface area contributed by atoms with Crippen LogP contribution >= 0.6 is 23.2 Å². The lowest BCUT2D eigenvalue weighted by Gasteiger charge is -2.19. The van der Waals surface area contributed by atoms with Crippen LogP contribution in [0.4, 0.5) is 0 Å². The number of benzene rings is 2. The molecule has 1 unspecified atom stereocenters. The number of hydrogen-bond acceptors (Lipinski definition) is 1. The van der Waals surface area contributed by atoms with Crippen LogP contribution in [-0.4, -0.2) is 0 Å². The molecule has 0 amide bonds. The Morgan fingerprint density at radius 1 is 1.00 bits per heavy atom. The Kier molecular flexibility index (Phi) is 4.74. The molecule has 2 rings (SSSR count). The van der Waals surface area contributed by atoms with Crippen molar-refractivity contribution in [2.45, 2.75) is 33.2 Å². The van der Waals surface area contributed by atoms with Gasteiger partial charge < -0.3 is 5.73 Å². The summed E-state index contributed by atoms with van der Waals surface area (Å²) in [5, 5.41) is 1.40. The second-order valence-electron chi connectivity index (χ2n) is 5.36. The first kappa shape index (κ1) is 15.4. The van der Waals surface area contributed by atoms with Crippen LogP contribution < -0.4 is 5.73 Å². The highest BCUT2D eigenvalue weighted by Gasteiger charge is 2.15. The SMILES string of the molecule is Cc1cc(C)c(C(N)Cc2cc(Cl)ccc2Cl)c(C)c1. The van der Waals surface area contributed by atoms with Gasteiger partial charge in [0.1, 0.15) is 0 Å². The molecule has 0 bridgehead atoms. The Morgan fingerprint density at radius 3 is 2.20 bits per heavy atom. The second-order valence-corrected chi connectivity index (χ2v) is 6.20. The molecule has 0 fully saturated rings. The van der Waals surface area contributed by atoms with Gasteiger partial charge in [-0.05, 0) is 67.6 Å². The van der Waals surface area contributed by atoms with Gasteiger partial charge >= 0.3 is 0 Å². The van der Waals surface area contributed by atoms with E-state index in [0.717, 1.165) is 5.56 Å². The van der Waals surface area contributed by atoms with E-state index in [-0.39, 0.29) is 6.04 Å². The molecule has 2 aromatic rings. The van der Waals surface area contributed by atoms with Gasteiger partial charge in [-0.15, -0.1) is 0 Å². The highest BCUT2D eigenvalue weighted by Crippen LogP contribution is 2.28. The number of halogens is 2. The Hall–Kier alpha value is -1.02. The quantitative estimate of drug-likeness (QED) is 0.832. The topological polar surface area (TPSA) is 26.0 Å². The number of aryl methyl sites for hydroxylation is 3. The molecule has 1 atom stereocenters. The fourth-order valence-electron chi connectivity index (χ4n) is 2.81. The van der Waals surface area contributed by atoms with Gasteiger partial charge in [-0.25, -0.2) is 0 Å². The van der Waals surface area contributed by atoms with Crippen LogP contribution in [-0.2, 0) is 6.42 Å². The van der Waals surface area contributed by atoms with Crippen molar-refractivity contribution in [3.05, 3.63) is 68.2 Å². The molecule has 0 aliphatic heterocycles. The average Bonchev–Trinajstić information content (AvgIpc) is 2.32. The number of hydrogen-bond donors (Lipinski definition) is 1. The Balaban J connectivity index is 2.33. The number of nitrogens with two attached hydrogens (primary N) is 1. The van der Waals surface area contributed by atoms with Gasteiger partial charge in [-0.1, -0.05) is 40.9 Å². The molecule has 0 aliphatic rings. The minimum Gasteiger partial charge on any atom is -0.324 e. The Bertz CT molecular complexity index is 612. The molecule has 3 heteroatoms. The summed E-state index contributed by atoms with van der Waals surface area (Å²) in [7, 11) is 0. The Labute approximate surface area is 130 Å². The molecule has 0 aliphatic carbocycles. The maximum Gasteiger partial charge on any atom is 0.0439 e. The van der Waals surface area contributed by atoms with Gasteiger partial charge in [0.15, 0.2) is 0 Å². The van der Waals surface area contributed by atoms with Crippen LogP contribution in [0.5, 0.6) is 0 Å². The van der Waals surface area contributed by atoms with Crippen LogP contribution in [0.3, 0.4) is 0 Å². The van der Waals surface area contributed by atoms with Crippen molar-refractivity contribution in [1.82, 2.24) is 0 Å². The van der Waals surface area contributed by atoms with E-state index in [9.17, 15) is 0 Å². The third-order valence-electron chi connectivity index (χ3n) is 3.56. The molecular weight excluding hydrogens is 289 g/mol. The van der Waals surface area contributed by atoms with Gasteiger partial charge in [0, 0.05) is 16.1 Å². The highest BCUT2D eigenvalue weighted by molar-refractivity contribution is 6.33. The van der Waals surface area contributed by atoms with Crippen LogP contribution in [0.2, 0.25) is 10.0 Å². The van der Waals surface area contributed by atoms with Crippen molar-refractivity contribution in [2.24, 2.45) is 5.73 Å². The van der Waals surface area contributed by atoms with Gasteiger partial charge in [0.2, 0.25) is 0 Å². The molecule has 0 heterocycles. The Morgan fingerprint density at radius 2 is 1.60 bits per heavy atom. The predicted molar refractivity (Wildman–Crippen MR) is 87.7 cm³/mol. The standard InChI is InChI=1S/C17H19Cl2N/c1-10-6-11(2)17(12(3)7-10)16(20)9-13-8-14(18)4-5-15(13)19/h4-8,16H,9,20H2,1-3H3. The summed E-state index contributed by atoms with van der Waals surface area (Å²) in [6.07, 6.45) is 0.685. The smallest absolute Gasteiger partial charge is 0.0439 e. The minimum absolute atomic E-state index is 0.0773. The van der Waals surface area contributed by atoms with Crippen molar-refractivity contribution in [3.8, 4) is 0 Å². The zero-order chi connectivity index (χ0) is 14.9. The second kappa shape index (κ2) is 6.17. The molecule has 1 nitrogen and oxygen atoms in total. The monoisotopic (exact) mass is 307 g/mol. The van der Waals surface area contributed by atoms with E-state index in [2.05, 4.69) is 32.9 Å². The first-order valence-electron chi connectivity index (χ1n) is 6.65. The molecule has 20 heavy (non-hydrogen) atoms. The van der Waals surface area contributed by atoms with Gasteiger partial charge in [0.25, 0.3) is 0 Å². The summed E-state index contributed by atoms with van der Waals surface area (Å²) in [5.74, 6) is 0. The van der Waals surface area contributed by atoms with Crippen molar-refractivity contribution >= 4 is 23.2 Å². The predicted octanol–water partition coefficient (Wildman–Crippen LogP) is 5.16. The van der Waals surface area contributed by atoms with Gasteiger partial charge in [0.05, 0.1) is 0 Å². The van der Waals surface area contributed by atoms with Crippen LogP contribution in [0, 0.1) is 20.8 Å². The summed E-state index contributed by atoms with van der Waals surface area (Å²) in [4.78, 5) is 0. The maximum atomic E-state index is 6.40. The molecule has 0 saturated heterocycles. The van der Waals surface area contributed by atoms with Gasteiger partial charge in [-0.3, -0.25) is 0 Å². The number of rotatable bonds is 3. The molecule has 0 saturated carbocycles. The third-order valence-corrected chi connectivity index (χ3v) is 4.16. The lowest BCUT2D eigenvalue weighted by atomic mass is 9.91. The van der Waals surface area contributed by atoms with E-state index in [1.165, 1.54) is 22.3 Å². The highest BCUT2D eigenvalue weighted by atomic mass is 35.5. The van der Waals surface area contributed by atoms with E-state index in [4.69, 9.17) is 28.9 Å². The molecule has 0 radical (unpaired) electrons. The van der Waals surface area contributed by atoms with Gasteiger partial charge in [-0.2, -0.15) is 0 Å². The lowest BCUT2D eigenvalue weighted by molar-refractivity contribution is 0.711. The van der Waals surface area contributed by atoms with Crippen molar-refractivity contribution in [1.29, 1.82) is 0 Å². The molecular formula is C17H19Cl2N. The van der Waals surface area contributed by atoms with E-state index >= 15 is 0 Å². The van der Waals surface area contributed by atoms with Crippen molar-refractivity contribution < 1.29 is 0 Å². The van der Waals surface area contributed by atoms with E-state index < -0.39 is 0 Å². The van der Waals surface area contributed by atoms with E-state index in [0.29, 0.717) is 16.5 Å². The summed E-state index contributed by atoms with van der Waals surface area (Å²) in [6, 6.07) is 9.76. The lowest BCUT2D eigenvalue weighted by Crippen LogP contribution is -2.16. The summed E-state index contributed by atoms with van der Waals surface area (Å²) in [6.45, 7) is 6.31.